The van der Waals surface area contributed by atoms with E-state index in [2.05, 4.69) is 32.2 Å². The molecule has 0 fully saturated rings. The van der Waals surface area contributed by atoms with Gasteiger partial charge in [0.2, 0.25) is 0 Å². The first kappa shape index (κ1) is 18.0. The van der Waals surface area contributed by atoms with Gasteiger partial charge in [-0.25, -0.2) is 8.42 Å². The van der Waals surface area contributed by atoms with E-state index in [1.54, 1.807) is 0 Å². The summed E-state index contributed by atoms with van der Waals surface area (Å²) >= 11 is 0. The van der Waals surface area contributed by atoms with Gasteiger partial charge in [-0.05, 0) is 40.2 Å². The van der Waals surface area contributed by atoms with E-state index < -0.39 is 9.84 Å². The van der Waals surface area contributed by atoms with E-state index in [4.69, 9.17) is 4.74 Å². The van der Waals surface area contributed by atoms with Crippen molar-refractivity contribution in [2.45, 2.75) is 46.2 Å². The molecule has 5 heteroatoms. The van der Waals surface area contributed by atoms with Gasteiger partial charge >= 0.3 is 0 Å². The largest absolute Gasteiger partial charge is 0.493 e. The van der Waals surface area contributed by atoms with Crippen LogP contribution in [0, 0.1) is 6.92 Å². The molecule has 0 spiro atoms. The summed E-state index contributed by atoms with van der Waals surface area (Å²) < 4.78 is 28.0. The third-order valence-corrected chi connectivity index (χ3v) is 3.97. The van der Waals surface area contributed by atoms with E-state index in [0.29, 0.717) is 13.0 Å². The maximum absolute atomic E-state index is 11.1. The molecule has 0 unspecified atom stereocenters. The Bertz CT molecular complexity index is 559. The van der Waals surface area contributed by atoms with Crippen LogP contribution in [-0.4, -0.2) is 32.6 Å². The van der Waals surface area contributed by atoms with E-state index in [1.165, 1.54) is 11.8 Å². The second-order valence-corrected chi connectivity index (χ2v) is 8.81. The predicted molar refractivity (Wildman–Crippen MR) is 87.6 cm³/mol. The lowest BCUT2D eigenvalue weighted by molar-refractivity contribution is 0.311. The van der Waals surface area contributed by atoms with Gasteiger partial charge in [0.05, 0.1) is 12.4 Å². The standard InChI is InChI=1S/C16H27NO3S/c1-13-7-8-15(20-9-6-10-21(5,18)19)14(11-13)12-17-16(2,3)4/h7-8,11,17H,6,9-10,12H2,1-5H3. The molecule has 0 aliphatic heterocycles. The van der Waals surface area contributed by atoms with Crippen LogP contribution in [0.1, 0.15) is 38.3 Å². The molecular formula is C16H27NO3S. The van der Waals surface area contributed by atoms with Gasteiger partial charge in [0, 0.05) is 23.9 Å². The quantitative estimate of drug-likeness (QED) is 0.786. The third kappa shape index (κ3) is 8.07. The number of nitrogens with one attached hydrogen (secondary N) is 1. The molecule has 1 aromatic carbocycles. The van der Waals surface area contributed by atoms with Crippen molar-refractivity contribution < 1.29 is 13.2 Å². The van der Waals surface area contributed by atoms with E-state index in [0.717, 1.165) is 17.9 Å². The molecule has 0 heterocycles. The molecule has 1 aromatic rings. The first-order chi connectivity index (χ1) is 9.57. The first-order valence-electron chi connectivity index (χ1n) is 7.22. The van der Waals surface area contributed by atoms with Crippen LogP contribution in [0.4, 0.5) is 0 Å². The van der Waals surface area contributed by atoms with Gasteiger partial charge in [-0.2, -0.15) is 0 Å². The maximum atomic E-state index is 11.1. The van der Waals surface area contributed by atoms with Gasteiger partial charge in [-0.15, -0.1) is 0 Å². The van der Waals surface area contributed by atoms with Crippen molar-refractivity contribution >= 4 is 9.84 Å². The van der Waals surface area contributed by atoms with Gasteiger partial charge in [0.1, 0.15) is 15.6 Å². The Kier molecular flexibility index (Phi) is 6.23. The zero-order chi connectivity index (χ0) is 16.1. The highest BCUT2D eigenvalue weighted by Gasteiger charge is 2.11. The molecule has 0 atom stereocenters. The number of aryl methyl sites for hydroxylation is 1. The molecule has 0 aromatic heterocycles. The number of hydrogen-bond acceptors (Lipinski definition) is 4. The van der Waals surface area contributed by atoms with Crippen LogP contribution in [0.5, 0.6) is 5.75 Å². The van der Waals surface area contributed by atoms with Crippen LogP contribution in [-0.2, 0) is 16.4 Å². The maximum Gasteiger partial charge on any atom is 0.147 e. The molecule has 1 rings (SSSR count). The SMILES string of the molecule is Cc1ccc(OCCCS(C)(=O)=O)c(CNC(C)(C)C)c1. The molecule has 0 saturated heterocycles. The van der Waals surface area contributed by atoms with Gasteiger partial charge < -0.3 is 10.1 Å². The van der Waals surface area contributed by atoms with Crippen molar-refractivity contribution in [1.82, 2.24) is 5.32 Å². The zero-order valence-corrected chi connectivity index (χ0v) is 14.5. The zero-order valence-electron chi connectivity index (χ0n) is 13.7. The minimum Gasteiger partial charge on any atom is -0.493 e. The van der Waals surface area contributed by atoms with Crippen molar-refractivity contribution in [3.05, 3.63) is 29.3 Å². The molecule has 0 radical (unpaired) electrons. The molecule has 0 aliphatic carbocycles. The van der Waals surface area contributed by atoms with Gasteiger partial charge in [0.15, 0.2) is 0 Å². The Labute approximate surface area is 128 Å². The number of sulfone groups is 1. The highest BCUT2D eigenvalue weighted by atomic mass is 32.2. The van der Waals surface area contributed by atoms with E-state index >= 15 is 0 Å². The van der Waals surface area contributed by atoms with Crippen LogP contribution in [0.2, 0.25) is 0 Å². The minimum atomic E-state index is -2.92. The molecule has 4 nitrogen and oxygen atoms in total. The summed E-state index contributed by atoms with van der Waals surface area (Å²) in [5.74, 6) is 0.986. The van der Waals surface area contributed by atoms with Crippen molar-refractivity contribution in [3.8, 4) is 5.75 Å². The summed E-state index contributed by atoms with van der Waals surface area (Å²) in [5, 5.41) is 3.44. The molecule has 120 valence electrons. The van der Waals surface area contributed by atoms with Crippen molar-refractivity contribution in [1.29, 1.82) is 0 Å². The van der Waals surface area contributed by atoms with Crippen molar-refractivity contribution in [2.24, 2.45) is 0 Å². The topological polar surface area (TPSA) is 55.4 Å². The number of hydrogen-bond donors (Lipinski definition) is 1. The van der Waals surface area contributed by atoms with E-state index in [-0.39, 0.29) is 11.3 Å². The van der Waals surface area contributed by atoms with Crippen LogP contribution < -0.4 is 10.1 Å². The second kappa shape index (κ2) is 7.27. The molecular weight excluding hydrogens is 286 g/mol. The average molecular weight is 313 g/mol. The first-order valence-corrected chi connectivity index (χ1v) is 9.28. The minimum absolute atomic E-state index is 0.0390. The summed E-state index contributed by atoms with van der Waals surface area (Å²) in [6, 6.07) is 6.06. The highest BCUT2D eigenvalue weighted by Crippen LogP contribution is 2.21. The summed E-state index contributed by atoms with van der Waals surface area (Å²) in [7, 11) is -2.92. The summed E-state index contributed by atoms with van der Waals surface area (Å²) in [6.45, 7) is 9.56. The lowest BCUT2D eigenvalue weighted by atomic mass is 10.1. The Morgan fingerprint density at radius 3 is 2.48 bits per heavy atom. The summed E-state index contributed by atoms with van der Waals surface area (Å²) in [6.07, 6.45) is 1.76. The Morgan fingerprint density at radius 2 is 1.90 bits per heavy atom. The second-order valence-electron chi connectivity index (χ2n) is 6.55. The molecule has 21 heavy (non-hydrogen) atoms. The Morgan fingerprint density at radius 1 is 1.24 bits per heavy atom. The van der Waals surface area contributed by atoms with Crippen LogP contribution >= 0.6 is 0 Å². The third-order valence-electron chi connectivity index (χ3n) is 2.94. The smallest absolute Gasteiger partial charge is 0.147 e. The van der Waals surface area contributed by atoms with E-state index in [9.17, 15) is 8.42 Å². The predicted octanol–water partition coefficient (Wildman–Crippen LogP) is 2.70. The molecule has 0 amide bonds. The lowest BCUT2D eigenvalue weighted by Gasteiger charge is -2.22. The number of rotatable bonds is 7. The summed E-state index contributed by atoms with van der Waals surface area (Å²) in [5.41, 5.74) is 2.32. The normalized spacial score (nSPS) is 12.4. The van der Waals surface area contributed by atoms with Gasteiger partial charge in [-0.3, -0.25) is 0 Å². The fraction of sp³-hybridized carbons (Fsp3) is 0.625. The average Bonchev–Trinajstić information content (AvgIpc) is 2.31. The Balaban J connectivity index is 2.64. The van der Waals surface area contributed by atoms with E-state index in [1.807, 2.05) is 19.1 Å². The fourth-order valence-corrected chi connectivity index (χ4v) is 2.49. The highest BCUT2D eigenvalue weighted by molar-refractivity contribution is 7.90. The number of ether oxygens (including phenoxy) is 1. The Hall–Kier alpha value is -1.07. The lowest BCUT2D eigenvalue weighted by Crippen LogP contribution is -2.35. The van der Waals surface area contributed by atoms with Crippen molar-refractivity contribution in [3.63, 3.8) is 0 Å². The van der Waals surface area contributed by atoms with Crippen LogP contribution in [0.25, 0.3) is 0 Å². The molecule has 0 saturated carbocycles. The van der Waals surface area contributed by atoms with Crippen LogP contribution in [0.15, 0.2) is 18.2 Å². The molecule has 1 N–H and O–H groups in total. The van der Waals surface area contributed by atoms with Gasteiger partial charge in [0.25, 0.3) is 0 Å². The van der Waals surface area contributed by atoms with Crippen LogP contribution in [0.3, 0.4) is 0 Å². The van der Waals surface area contributed by atoms with Crippen molar-refractivity contribution in [2.75, 3.05) is 18.6 Å². The fourth-order valence-electron chi connectivity index (χ4n) is 1.85. The monoisotopic (exact) mass is 313 g/mol. The number of benzene rings is 1. The summed E-state index contributed by atoms with van der Waals surface area (Å²) in [4.78, 5) is 0. The molecule has 0 aliphatic rings. The molecule has 0 bridgehead atoms. The van der Waals surface area contributed by atoms with Gasteiger partial charge in [-0.1, -0.05) is 17.7 Å².